The fourth-order valence-corrected chi connectivity index (χ4v) is 1.33. The smallest absolute Gasteiger partial charge is 0.127 e. The zero-order valence-corrected chi connectivity index (χ0v) is 8.49. The number of benzene rings is 1. The molecule has 3 heteroatoms. The molecule has 1 atom stereocenters. The molecule has 3 nitrogen and oxygen atoms in total. The Kier molecular flexibility index (Phi) is 3.54. The van der Waals surface area contributed by atoms with Crippen LogP contribution in [-0.2, 0) is 0 Å². The molecule has 0 aliphatic carbocycles. The van der Waals surface area contributed by atoms with Crippen molar-refractivity contribution in [2.24, 2.45) is 5.73 Å². The summed E-state index contributed by atoms with van der Waals surface area (Å²) in [5.74, 6) is 1.44. The predicted octanol–water partition coefficient (Wildman–Crippen LogP) is 1.89. The normalized spacial score (nSPS) is 11.9. The van der Waals surface area contributed by atoms with Crippen LogP contribution in [0.5, 0.6) is 11.5 Å². The summed E-state index contributed by atoms with van der Waals surface area (Å²) in [5, 5.41) is 0. The highest BCUT2D eigenvalue weighted by atomic mass is 16.5. The highest BCUT2D eigenvalue weighted by Crippen LogP contribution is 2.32. The quantitative estimate of drug-likeness (QED) is 0.743. The summed E-state index contributed by atoms with van der Waals surface area (Å²) in [4.78, 5) is 0. The van der Waals surface area contributed by atoms with Gasteiger partial charge in [0.15, 0.2) is 0 Å². The zero-order chi connectivity index (χ0) is 10.6. The molecule has 0 saturated carbocycles. The maximum Gasteiger partial charge on any atom is 0.127 e. The van der Waals surface area contributed by atoms with Gasteiger partial charge >= 0.3 is 0 Å². The maximum atomic E-state index is 5.87. The summed E-state index contributed by atoms with van der Waals surface area (Å²) < 4.78 is 10.4. The Balaban J connectivity index is 3.25. The van der Waals surface area contributed by atoms with E-state index in [4.69, 9.17) is 15.2 Å². The van der Waals surface area contributed by atoms with Gasteiger partial charge in [-0.3, -0.25) is 0 Å². The molecule has 0 aliphatic rings. The van der Waals surface area contributed by atoms with Gasteiger partial charge in [0.2, 0.25) is 0 Å². The Hall–Kier alpha value is -1.48. The third-order valence-corrected chi connectivity index (χ3v) is 2.05. The van der Waals surface area contributed by atoms with Crippen molar-refractivity contribution in [3.63, 3.8) is 0 Å². The van der Waals surface area contributed by atoms with Gasteiger partial charge in [0, 0.05) is 0 Å². The van der Waals surface area contributed by atoms with Gasteiger partial charge in [-0.2, -0.15) is 0 Å². The third kappa shape index (κ3) is 1.88. The third-order valence-electron chi connectivity index (χ3n) is 2.05. The van der Waals surface area contributed by atoms with E-state index in [0.29, 0.717) is 0 Å². The molecule has 0 aromatic heterocycles. The van der Waals surface area contributed by atoms with Crippen LogP contribution in [0, 0.1) is 0 Å². The van der Waals surface area contributed by atoms with E-state index in [2.05, 4.69) is 6.58 Å². The molecule has 14 heavy (non-hydrogen) atoms. The topological polar surface area (TPSA) is 44.5 Å². The number of hydrogen-bond donors (Lipinski definition) is 1. The van der Waals surface area contributed by atoms with Gasteiger partial charge in [0.1, 0.15) is 11.5 Å². The second-order valence-electron chi connectivity index (χ2n) is 2.84. The van der Waals surface area contributed by atoms with Crippen molar-refractivity contribution in [2.45, 2.75) is 6.04 Å². The summed E-state index contributed by atoms with van der Waals surface area (Å²) in [6.45, 7) is 3.65. The summed E-state index contributed by atoms with van der Waals surface area (Å²) in [5.41, 5.74) is 6.70. The Bertz CT molecular complexity index is 301. The van der Waals surface area contributed by atoms with Gasteiger partial charge in [-0.1, -0.05) is 12.1 Å². The molecule has 0 heterocycles. The Morgan fingerprint density at radius 1 is 1.29 bits per heavy atom. The van der Waals surface area contributed by atoms with Crippen molar-refractivity contribution in [3.8, 4) is 11.5 Å². The Labute approximate surface area is 84.1 Å². The van der Waals surface area contributed by atoms with Crippen LogP contribution in [0.4, 0.5) is 0 Å². The fourth-order valence-electron chi connectivity index (χ4n) is 1.33. The number of methoxy groups -OCH3 is 2. The molecule has 1 aromatic carbocycles. The van der Waals surface area contributed by atoms with Gasteiger partial charge in [-0.25, -0.2) is 0 Å². The molecule has 0 spiro atoms. The van der Waals surface area contributed by atoms with E-state index in [1.54, 1.807) is 20.3 Å². The highest BCUT2D eigenvalue weighted by molar-refractivity contribution is 5.48. The number of ether oxygens (including phenoxy) is 2. The molecule has 0 saturated heterocycles. The second-order valence-corrected chi connectivity index (χ2v) is 2.84. The standard InChI is InChI=1S/C11H15NO2/c1-4-8(12)11-9(13-2)6-5-7-10(11)14-3/h4-8H,1,12H2,2-3H3/t8-/m0/s1. The lowest BCUT2D eigenvalue weighted by Gasteiger charge is -2.15. The molecule has 0 bridgehead atoms. The largest absolute Gasteiger partial charge is 0.496 e. The molecular formula is C11H15NO2. The Morgan fingerprint density at radius 3 is 2.14 bits per heavy atom. The average Bonchev–Trinajstić information content (AvgIpc) is 2.26. The van der Waals surface area contributed by atoms with Crippen molar-refractivity contribution in [1.82, 2.24) is 0 Å². The van der Waals surface area contributed by atoms with Crippen LogP contribution in [0.15, 0.2) is 30.9 Å². The van der Waals surface area contributed by atoms with E-state index in [0.717, 1.165) is 17.1 Å². The van der Waals surface area contributed by atoms with Gasteiger partial charge in [-0.05, 0) is 12.1 Å². The van der Waals surface area contributed by atoms with E-state index in [1.165, 1.54) is 0 Å². The minimum Gasteiger partial charge on any atom is -0.496 e. The second kappa shape index (κ2) is 4.67. The predicted molar refractivity (Wildman–Crippen MR) is 56.7 cm³/mol. The van der Waals surface area contributed by atoms with Gasteiger partial charge in [0.05, 0.1) is 25.8 Å². The van der Waals surface area contributed by atoms with Crippen molar-refractivity contribution >= 4 is 0 Å². The van der Waals surface area contributed by atoms with Crippen molar-refractivity contribution in [3.05, 3.63) is 36.4 Å². The molecular weight excluding hydrogens is 178 g/mol. The summed E-state index contributed by atoms with van der Waals surface area (Å²) in [6.07, 6.45) is 1.65. The van der Waals surface area contributed by atoms with E-state index >= 15 is 0 Å². The molecule has 0 radical (unpaired) electrons. The highest BCUT2D eigenvalue weighted by Gasteiger charge is 2.14. The van der Waals surface area contributed by atoms with Crippen LogP contribution in [0.1, 0.15) is 11.6 Å². The molecule has 0 unspecified atom stereocenters. The molecule has 0 amide bonds. The first kappa shape index (κ1) is 10.6. The minimum atomic E-state index is -0.277. The van der Waals surface area contributed by atoms with Crippen molar-refractivity contribution in [2.75, 3.05) is 14.2 Å². The molecule has 1 rings (SSSR count). The monoisotopic (exact) mass is 193 g/mol. The molecule has 0 fully saturated rings. The number of hydrogen-bond acceptors (Lipinski definition) is 3. The lowest BCUT2D eigenvalue weighted by atomic mass is 10.1. The molecule has 0 aliphatic heterocycles. The first-order valence-electron chi connectivity index (χ1n) is 4.33. The zero-order valence-electron chi connectivity index (χ0n) is 8.49. The average molecular weight is 193 g/mol. The summed E-state index contributed by atoms with van der Waals surface area (Å²) >= 11 is 0. The van der Waals surface area contributed by atoms with E-state index in [-0.39, 0.29) is 6.04 Å². The first-order chi connectivity index (χ1) is 6.74. The Morgan fingerprint density at radius 2 is 1.79 bits per heavy atom. The lowest BCUT2D eigenvalue weighted by Crippen LogP contribution is -2.10. The van der Waals surface area contributed by atoms with Crippen molar-refractivity contribution < 1.29 is 9.47 Å². The minimum absolute atomic E-state index is 0.277. The fraction of sp³-hybridized carbons (Fsp3) is 0.273. The van der Waals surface area contributed by atoms with Crippen LogP contribution in [0.3, 0.4) is 0 Å². The van der Waals surface area contributed by atoms with E-state index < -0.39 is 0 Å². The molecule has 76 valence electrons. The van der Waals surface area contributed by atoms with Crippen LogP contribution < -0.4 is 15.2 Å². The summed E-state index contributed by atoms with van der Waals surface area (Å²) in [7, 11) is 3.21. The lowest BCUT2D eigenvalue weighted by molar-refractivity contribution is 0.383. The molecule has 2 N–H and O–H groups in total. The van der Waals surface area contributed by atoms with Gasteiger partial charge < -0.3 is 15.2 Å². The van der Waals surface area contributed by atoms with Crippen molar-refractivity contribution in [1.29, 1.82) is 0 Å². The van der Waals surface area contributed by atoms with Crippen LogP contribution in [-0.4, -0.2) is 14.2 Å². The number of nitrogens with two attached hydrogens (primary N) is 1. The van der Waals surface area contributed by atoms with E-state index in [9.17, 15) is 0 Å². The maximum absolute atomic E-state index is 5.87. The van der Waals surface area contributed by atoms with E-state index in [1.807, 2.05) is 18.2 Å². The van der Waals surface area contributed by atoms with Crippen LogP contribution in [0.25, 0.3) is 0 Å². The number of rotatable bonds is 4. The van der Waals surface area contributed by atoms with Gasteiger partial charge in [0.25, 0.3) is 0 Å². The van der Waals surface area contributed by atoms with Crippen LogP contribution in [0.2, 0.25) is 0 Å². The van der Waals surface area contributed by atoms with Gasteiger partial charge in [-0.15, -0.1) is 6.58 Å². The first-order valence-corrected chi connectivity index (χ1v) is 4.33. The SMILES string of the molecule is C=C[C@H](N)c1c(OC)cccc1OC. The summed E-state index contributed by atoms with van der Waals surface area (Å²) in [6, 6.07) is 5.28. The van der Waals surface area contributed by atoms with Crippen LogP contribution >= 0.6 is 0 Å². The molecule has 1 aromatic rings.